The SMILES string of the molecule is CCc1cnc(N2CC(Cn3nc(C(F)(F)F)ccc3=O)C2)nc1. The van der Waals surface area contributed by atoms with Crippen molar-refractivity contribution in [2.24, 2.45) is 5.92 Å². The Morgan fingerprint density at radius 2 is 1.88 bits per heavy atom. The van der Waals surface area contributed by atoms with Crippen molar-refractivity contribution in [1.82, 2.24) is 19.7 Å². The van der Waals surface area contributed by atoms with Crippen LogP contribution in [0.4, 0.5) is 19.1 Å². The van der Waals surface area contributed by atoms with E-state index in [9.17, 15) is 18.0 Å². The summed E-state index contributed by atoms with van der Waals surface area (Å²) in [5, 5.41) is 3.42. The molecule has 0 aromatic carbocycles. The number of anilines is 1. The maximum Gasteiger partial charge on any atom is 0.435 e. The second kappa shape index (κ2) is 6.21. The Morgan fingerprint density at radius 3 is 2.46 bits per heavy atom. The third-order valence-electron chi connectivity index (χ3n) is 3.93. The van der Waals surface area contributed by atoms with E-state index in [1.165, 1.54) is 0 Å². The molecule has 2 aromatic heterocycles. The zero-order valence-corrected chi connectivity index (χ0v) is 13.0. The molecule has 0 spiro atoms. The highest BCUT2D eigenvalue weighted by Gasteiger charge is 2.34. The third-order valence-corrected chi connectivity index (χ3v) is 3.93. The van der Waals surface area contributed by atoms with Crippen molar-refractivity contribution in [2.45, 2.75) is 26.1 Å². The van der Waals surface area contributed by atoms with Crippen LogP contribution in [0.25, 0.3) is 0 Å². The van der Waals surface area contributed by atoms with Crippen LogP contribution in [0.5, 0.6) is 0 Å². The first-order valence-electron chi connectivity index (χ1n) is 7.58. The second-order valence-corrected chi connectivity index (χ2v) is 5.75. The Hall–Kier alpha value is -2.45. The number of nitrogens with zero attached hydrogens (tertiary/aromatic N) is 5. The van der Waals surface area contributed by atoms with Crippen molar-refractivity contribution < 1.29 is 13.2 Å². The van der Waals surface area contributed by atoms with Crippen LogP contribution in [-0.4, -0.2) is 32.8 Å². The lowest BCUT2D eigenvalue weighted by molar-refractivity contribution is -0.142. The molecule has 0 atom stereocenters. The molecule has 0 saturated carbocycles. The molecule has 1 aliphatic rings. The monoisotopic (exact) mass is 339 g/mol. The Bertz CT molecular complexity index is 766. The number of alkyl halides is 3. The van der Waals surface area contributed by atoms with E-state index in [2.05, 4.69) is 15.1 Å². The average molecular weight is 339 g/mol. The fourth-order valence-corrected chi connectivity index (χ4v) is 2.52. The number of hydrogen-bond acceptors (Lipinski definition) is 5. The van der Waals surface area contributed by atoms with Gasteiger partial charge in [0.2, 0.25) is 5.95 Å². The van der Waals surface area contributed by atoms with Crippen LogP contribution in [0, 0.1) is 5.92 Å². The Labute approximate surface area is 136 Å². The van der Waals surface area contributed by atoms with E-state index in [1.54, 1.807) is 12.4 Å². The lowest BCUT2D eigenvalue weighted by Gasteiger charge is -2.39. The van der Waals surface area contributed by atoms with Gasteiger partial charge in [-0.3, -0.25) is 4.79 Å². The summed E-state index contributed by atoms with van der Waals surface area (Å²) in [6, 6.07) is 1.61. The molecular weight excluding hydrogens is 323 g/mol. The van der Waals surface area contributed by atoms with Crippen LogP contribution in [0.1, 0.15) is 18.2 Å². The van der Waals surface area contributed by atoms with Gasteiger partial charge in [-0.15, -0.1) is 0 Å². The molecule has 0 unspecified atom stereocenters. The number of halogens is 3. The van der Waals surface area contributed by atoms with E-state index >= 15 is 0 Å². The van der Waals surface area contributed by atoms with Gasteiger partial charge in [-0.05, 0) is 18.1 Å². The highest BCUT2D eigenvalue weighted by molar-refractivity contribution is 5.34. The molecule has 1 saturated heterocycles. The minimum absolute atomic E-state index is 0.0353. The van der Waals surface area contributed by atoms with Gasteiger partial charge < -0.3 is 4.90 Å². The van der Waals surface area contributed by atoms with Crippen molar-refractivity contribution in [3.63, 3.8) is 0 Å². The molecule has 0 amide bonds. The summed E-state index contributed by atoms with van der Waals surface area (Å²) in [5.41, 5.74) is -0.558. The summed E-state index contributed by atoms with van der Waals surface area (Å²) in [6.45, 7) is 3.32. The fourth-order valence-electron chi connectivity index (χ4n) is 2.52. The van der Waals surface area contributed by atoms with Crippen molar-refractivity contribution in [2.75, 3.05) is 18.0 Å². The normalized spacial score (nSPS) is 15.4. The Morgan fingerprint density at radius 1 is 1.21 bits per heavy atom. The molecule has 128 valence electrons. The summed E-state index contributed by atoms with van der Waals surface area (Å²) in [4.78, 5) is 22.1. The van der Waals surface area contributed by atoms with Crippen LogP contribution in [0.2, 0.25) is 0 Å². The van der Waals surface area contributed by atoms with Gasteiger partial charge in [0.15, 0.2) is 5.69 Å². The molecule has 2 aromatic rings. The zero-order chi connectivity index (χ0) is 17.3. The van der Waals surface area contributed by atoms with E-state index < -0.39 is 17.4 Å². The molecule has 1 fully saturated rings. The molecule has 9 heteroatoms. The lowest BCUT2D eigenvalue weighted by atomic mass is 10.0. The van der Waals surface area contributed by atoms with Gasteiger partial charge in [0.1, 0.15) is 0 Å². The molecule has 3 rings (SSSR count). The first kappa shape index (κ1) is 16.4. The summed E-state index contributed by atoms with van der Waals surface area (Å²) in [5.74, 6) is 0.626. The van der Waals surface area contributed by atoms with Crippen molar-refractivity contribution in [3.05, 3.63) is 46.1 Å². The molecule has 0 N–H and O–H groups in total. The minimum atomic E-state index is -4.56. The first-order chi connectivity index (χ1) is 11.4. The van der Waals surface area contributed by atoms with Gasteiger partial charge in [0.25, 0.3) is 5.56 Å². The molecule has 3 heterocycles. The second-order valence-electron chi connectivity index (χ2n) is 5.75. The molecule has 24 heavy (non-hydrogen) atoms. The van der Waals surface area contributed by atoms with Crippen LogP contribution < -0.4 is 10.5 Å². The summed E-state index contributed by atoms with van der Waals surface area (Å²) < 4.78 is 38.9. The van der Waals surface area contributed by atoms with Gasteiger partial charge in [0.05, 0.1) is 6.54 Å². The van der Waals surface area contributed by atoms with Crippen LogP contribution in [-0.2, 0) is 19.1 Å². The average Bonchev–Trinajstić information content (AvgIpc) is 2.51. The topological polar surface area (TPSA) is 63.9 Å². The molecular formula is C15H16F3N5O. The standard InChI is InChI=1S/C15H16F3N5O/c1-2-10-5-19-14(20-6-10)22-7-11(8-22)9-23-13(24)4-3-12(21-23)15(16,17)18/h3-6,11H,2,7-9H2,1H3. The smallest absolute Gasteiger partial charge is 0.340 e. The highest BCUT2D eigenvalue weighted by Crippen LogP contribution is 2.27. The number of rotatable bonds is 4. The Balaban J connectivity index is 1.64. The fraction of sp³-hybridized carbons (Fsp3) is 0.467. The van der Waals surface area contributed by atoms with Gasteiger partial charge in [-0.25, -0.2) is 14.6 Å². The Kier molecular flexibility index (Phi) is 4.25. The summed E-state index contributed by atoms with van der Waals surface area (Å²) >= 11 is 0. The van der Waals surface area contributed by atoms with Gasteiger partial charge in [-0.2, -0.15) is 18.3 Å². The number of aromatic nitrogens is 4. The van der Waals surface area contributed by atoms with E-state index in [0.717, 1.165) is 22.7 Å². The van der Waals surface area contributed by atoms with Crippen LogP contribution in [0.15, 0.2) is 29.3 Å². The van der Waals surface area contributed by atoms with E-state index in [-0.39, 0.29) is 12.5 Å². The molecule has 0 aliphatic carbocycles. The predicted octanol–water partition coefficient (Wildman–Crippen LogP) is 1.75. The van der Waals surface area contributed by atoms with Crippen molar-refractivity contribution >= 4 is 5.95 Å². The van der Waals surface area contributed by atoms with Crippen LogP contribution in [0.3, 0.4) is 0 Å². The molecule has 1 aliphatic heterocycles. The van der Waals surface area contributed by atoms with Crippen LogP contribution >= 0.6 is 0 Å². The van der Waals surface area contributed by atoms with Gasteiger partial charge in [-0.1, -0.05) is 6.92 Å². The quantitative estimate of drug-likeness (QED) is 0.849. The third kappa shape index (κ3) is 3.39. The maximum atomic E-state index is 12.7. The highest BCUT2D eigenvalue weighted by atomic mass is 19.4. The zero-order valence-electron chi connectivity index (χ0n) is 13.0. The molecule has 0 radical (unpaired) electrons. The maximum absolute atomic E-state index is 12.7. The number of aryl methyl sites for hydroxylation is 1. The van der Waals surface area contributed by atoms with E-state index in [1.807, 2.05) is 11.8 Å². The van der Waals surface area contributed by atoms with E-state index in [4.69, 9.17) is 0 Å². The predicted molar refractivity (Wildman–Crippen MR) is 80.6 cm³/mol. The largest absolute Gasteiger partial charge is 0.435 e. The van der Waals surface area contributed by atoms with Crippen molar-refractivity contribution in [3.8, 4) is 0 Å². The first-order valence-corrected chi connectivity index (χ1v) is 7.58. The number of hydrogen-bond donors (Lipinski definition) is 0. The molecule has 6 nitrogen and oxygen atoms in total. The van der Waals surface area contributed by atoms with Crippen molar-refractivity contribution in [1.29, 1.82) is 0 Å². The minimum Gasteiger partial charge on any atom is -0.340 e. The van der Waals surface area contributed by atoms with E-state index in [0.29, 0.717) is 25.1 Å². The van der Waals surface area contributed by atoms with Gasteiger partial charge >= 0.3 is 6.18 Å². The van der Waals surface area contributed by atoms with Gasteiger partial charge in [0, 0.05) is 37.5 Å². The molecule has 0 bridgehead atoms. The lowest BCUT2D eigenvalue weighted by Crippen LogP contribution is -2.50. The summed E-state index contributed by atoms with van der Waals surface area (Å²) in [6.07, 6.45) is -0.188. The summed E-state index contributed by atoms with van der Waals surface area (Å²) in [7, 11) is 0.